The highest BCUT2D eigenvalue weighted by Gasteiger charge is 2.27. The van der Waals surface area contributed by atoms with Crippen LogP contribution in [0.5, 0.6) is 0 Å². The number of benzene rings is 1. The van der Waals surface area contributed by atoms with Gasteiger partial charge in [-0.15, -0.1) is 0 Å². The van der Waals surface area contributed by atoms with Gasteiger partial charge in [0.15, 0.2) is 0 Å². The standard InChI is InChI=1S/C18H22N4O4/c1-2-19-16(24)12-7-9-21(10-8-12)15(23)11-22-18(26)14-6-4-3-5-13(14)17(25)20-22/h3-6,12H,2,7-11H2,1H3,(H,19,24)(H,20,25). The van der Waals surface area contributed by atoms with E-state index < -0.39 is 11.1 Å². The zero-order valence-electron chi connectivity index (χ0n) is 14.7. The number of rotatable bonds is 4. The molecule has 2 amide bonds. The summed E-state index contributed by atoms with van der Waals surface area (Å²) in [7, 11) is 0. The molecule has 1 aliphatic rings. The molecule has 1 saturated heterocycles. The van der Waals surface area contributed by atoms with Gasteiger partial charge in [0, 0.05) is 25.6 Å². The number of fused-ring (bicyclic) bond motifs is 1. The largest absolute Gasteiger partial charge is 0.356 e. The van der Waals surface area contributed by atoms with Gasteiger partial charge >= 0.3 is 0 Å². The third-order valence-corrected chi connectivity index (χ3v) is 4.75. The molecule has 26 heavy (non-hydrogen) atoms. The van der Waals surface area contributed by atoms with Gasteiger partial charge in [-0.25, -0.2) is 4.68 Å². The fourth-order valence-corrected chi connectivity index (χ4v) is 3.30. The summed E-state index contributed by atoms with van der Waals surface area (Å²) in [5.41, 5.74) is -0.797. The second kappa shape index (κ2) is 7.55. The Morgan fingerprint density at radius 1 is 1.15 bits per heavy atom. The number of carbonyl (C=O) groups excluding carboxylic acids is 2. The summed E-state index contributed by atoms with van der Waals surface area (Å²) in [5.74, 6) is -0.302. The first-order valence-corrected chi connectivity index (χ1v) is 8.78. The Morgan fingerprint density at radius 2 is 1.81 bits per heavy atom. The number of aromatic nitrogens is 2. The third-order valence-electron chi connectivity index (χ3n) is 4.75. The highest BCUT2D eigenvalue weighted by Crippen LogP contribution is 2.17. The summed E-state index contributed by atoms with van der Waals surface area (Å²) in [6.07, 6.45) is 1.20. The number of carbonyl (C=O) groups is 2. The molecule has 0 bridgehead atoms. The van der Waals surface area contributed by atoms with E-state index in [1.54, 1.807) is 29.2 Å². The maximum atomic E-state index is 12.5. The van der Waals surface area contributed by atoms with Gasteiger partial charge in [-0.2, -0.15) is 0 Å². The minimum atomic E-state index is -0.400. The van der Waals surface area contributed by atoms with Crippen molar-refractivity contribution in [2.75, 3.05) is 19.6 Å². The van der Waals surface area contributed by atoms with Crippen LogP contribution in [0.15, 0.2) is 33.9 Å². The lowest BCUT2D eigenvalue weighted by atomic mass is 9.96. The maximum absolute atomic E-state index is 12.5. The first kappa shape index (κ1) is 17.9. The van der Waals surface area contributed by atoms with Crippen LogP contribution in [-0.4, -0.2) is 46.1 Å². The van der Waals surface area contributed by atoms with Crippen LogP contribution >= 0.6 is 0 Å². The Bertz CT molecular complexity index is 938. The van der Waals surface area contributed by atoms with Crippen LogP contribution in [-0.2, 0) is 16.1 Å². The lowest BCUT2D eigenvalue weighted by Crippen LogP contribution is -2.45. The Morgan fingerprint density at radius 3 is 2.46 bits per heavy atom. The highest BCUT2D eigenvalue weighted by atomic mass is 16.2. The number of piperidine rings is 1. The van der Waals surface area contributed by atoms with Gasteiger partial charge in [-0.1, -0.05) is 12.1 Å². The van der Waals surface area contributed by atoms with Crippen LogP contribution in [0.3, 0.4) is 0 Å². The molecule has 1 aliphatic heterocycles. The monoisotopic (exact) mass is 358 g/mol. The average Bonchev–Trinajstić information content (AvgIpc) is 2.66. The Labute approximate surface area is 149 Å². The van der Waals surface area contributed by atoms with Crippen molar-refractivity contribution in [2.24, 2.45) is 5.92 Å². The molecule has 138 valence electrons. The fraction of sp³-hybridized carbons (Fsp3) is 0.444. The van der Waals surface area contributed by atoms with Crippen molar-refractivity contribution in [3.05, 3.63) is 45.0 Å². The zero-order valence-corrected chi connectivity index (χ0v) is 14.7. The summed E-state index contributed by atoms with van der Waals surface area (Å²) in [6.45, 7) is 3.18. The van der Waals surface area contributed by atoms with Crippen LogP contribution in [0.4, 0.5) is 0 Å². The SMILES string of the molecule is CCNC(=O)C1CCN(C(=O)Cn2[nH]c(=O)c3ccccc3c2=O)CC1. The number of nitrogens with zero attached hydrogens (tertiary/aromatic N) is 2. The molecule has 0 saturated carbocycles. The number of amides is 2. The molecule has 0 spiro atoms. The van der Waals surface area contributed by atoms with E-state index in [0.29, 0.717) is 43.2 Å². The van der Waals surface area contributed by atoms with Crippen LogP contribution in [0.1, 0.15) is 19.8 Å². The normalized spacial score (nSPS) is 15.2. The highest BCUT2D eigenvalue weighted by molar-refractivity contribution is 5.81. The molecule has 3 rings (SSSR count). The molecule has 2 N–H and O–H groups in total. The summed E-state index contributed by atoms with van der Waals surface area (Å²) < 4.78 is 1.06. The average molecular weight is 358 g/mol. The molecule has 0 aliphatic carbocycles. The van der Waals surface area contributed by atoms with Crippen molar-refractivity contribution in [1.82, 2.24) is 20.0 Å². The summed E-state index contributed by atoms with van der Waals surface area (Å²) >= 11 is 0. The van der Waals surface area contributed by atoms with E-state index in [1.165, 1.54) is 0 Å². The van der Waals surface area contributed by atoms with Crippen molar-refractivity contribution >= 4 is 22.6 Å². The molecule has 0 atom stereocenters. The number of hydrogen-bond donors (Lipinski definition) is 2. The molecule has 1 aromatic carbocycles. The van der Waals surface area contributed by atoms with E-state index >= 15 is 0 Å². The van der Waals surface area contributed by atoms with E-state index in [0.717, 1.165) is 4.68 Å². The molecular formula is C18H22N4O4. The van der Waals surface area contributed by atoms with Crippen molar-refractivity contribution in [2.45, 2.75) is 26.3 Å². The molecule has 1 fully saturated rings. The summed E-state index contributed by atoms with van der Waals surface area (Å²) in [5, 5.41) is 5.87. The fourth-order valence-electron chi connectivity index (χ4n) is 3.30. The minimum Gasteiger partial charge on any atom is -0.356 e. The van der Waals surface area contributed by atoms with E-state index in [9.17, 15) is 19.2 Å². The quantitative estimate of drug-likeness (QED) is 0.807. The number of hydrogen-bond acceptors (Lipinski definition) is 4. The van der Waals surface area contributed by atoms with Gasteiger partial charge < -0.3 is 10.2 Å². The zero-order chi connectivity index (χ0) is 18.7. The number of H-pyrrole nitrogens is 1. The van der Waals surface area contributed by atoms with Gasteiger partial charge in [0.25, 0.3) is 11.1 Å². The number of likely N-dealkylation sites (tertiary alicyclic amines) is 1. The Balaban J connectivity index is 1.71. The van der Waals surface area contributed by atoms with Gasteiger partial charge in [0.05, 0.1) is 10.8 Å². The molecule has 8 heteroatoms. The summed E-state index contributed by atoms with van der Waals surface area (Å²) in [6, 6.07) is 6.52. The van der Waals surface area contributed by atoms with Gasteiger partial charge in [-0.3, -0.25) is 24.3 Å². The molecule has 2 aromatic rings. The second-order valence-electron chi connectivity index (χ2n) is 6.43. The Hall–Kier alpha value is -2.90. The molecular weight excluding hydrogens is 336 g/mol. The van der Waals surface area contributed by atoms with Crippen LogP contribution in [0.2, 0.25) is 0 Å². The van der Waals surface area contributed by atoms with E-state index in [4.69, 9.17) is 0 Å². The number of aromatic amines is 1. The predicted octanol–water partition coefficient (Wildman–Crippen LogP) is 0.0645. The van der Waals surface area contributed by atoms with Crippen molar-refractivity contribution < 1.29 is 9.59 Å². The van der Waals surface area contributed by atoms with E-state index in [-0.39, 0.29) is 24.3 Å². The first-order chi connectivity index (χ1) is 12.5. The minimum absolute atomic E-state index is 0.0228. The van der Waals surface area contributed by atoms with Crippen molar-refractivity contribution in [3.8, 4) is 0 Å². The van der Waals surface area contributed by atoms with Crippen molar-refractivity contribution in [3.63, 3.8) is 0 Å². The molecule has 2 heterocycles. The Kier molecular flexibility index (Phi) is 5.20. The predicted molar refractivity (Wildman–Crippen MR) is 96.8 cm³/mol. The smallest absolute Gasteiger partial charge is 0.273 e. The van der Waals surface area contributed by atoms with Crippen LogP contribution in [0, 0.1) is 5.92 Å². The molecule has 0 radical (unpaired) electrons. The van der Waals surface area contributed by atoms with Gasteiger partial charge in [0.1, 0.15) is 6.54 Å². The second-order valence-corrected chi connectivity index (χ2v) is 6.43. The lowest BCUT2D eigenvalue weighted by molar-refractivity contribution is -0.136. The maximum Gasteiger partial charge on any atom is 0.273 e. The number of nitrogens with one attached hydrogen (secondary N) is 2. The van der Waals surface area contributed by atoms with Crippen LogP contribution < -0.4 is 16.4 Å². The lowest BCUT2D eigenvalue weighted by Gasteiger charge is -2.31. The van der Waals surface area contributed by atoms with Gasteiger partial charge in [0.2, 0.25) is 11.8 Å². The van der Waals surface area contributed by atoms with E-state index in [2.05, 4.69) is 10.4 Å². The van der Waals surface area contributed by atoms with Gasteiger partial charge in [-0.05, 0) is 31.9 Å². The summed E-state index contributed by atoms with van der Waals surface area (Å²) in [4.78, 5) is 50.6. The molecule has 1 aromatic heterocycles. The van der Waals surface area contributed by atoms with Crippen LogP contribution in [0.25, 0.3) is 10.8 Å². The molecule has 8 nitrogen and oxygen atoms in total. The third kappa shape index (κ3) is 3.54. The first-order valence-electron chi connectivity index (χ1n) is 8.78. The topological polar surface area (TPSA) is 104 Å². The van der Waals surface area contributed by atoms with E-state index in [1.807, 2.05) is 6.92 Å². The molecule has 0 unspecified atom stereocenters. The van der Waals surface area contributed by atoms with Crippen molar-refractivity contribution in [1.29, 1.82) is 0 Å².